The summed E-state index contributed by atoms with van der Waals surface area (Å²) in [6, 6.07) is 1.50. The summed E-state index contributed by atoms with van der Waals surface area (Å²) in [6.45, 7) is 0. The fraction of sp³-hybridized carbons (Fsp3) is 0.375. The van der Waals surface area contributed by atoms with Gasteiger partial charge in [-0.05, 0) is 24.6 Å². The summed E-state index contributed by atoms with van der Waals surface area (Å²) < 4.78 is 120. The molecule has 11 heteroatoms. The minimum absolute atomic E-state index is 0.287. The Hall–Kier alpha value is -2.17. The molecule has 0 bridgehead atoms. The Morgan fingerprint density at radius 3 is 2.15 bits per heavy atom. The quantitative estimate of drug-likeness (QED) is 0.645. The topological polar surface area (TPSA) is 25.2 Å². The highest BCUT2D eigenvalue weighted by Crippen LogP contribution is 2.48. The summed E-state index contributed by atoms with van der Waals surface area (Å²) >= 11 is 0. The maximum absolute atomic E-state index is 13.7. The standard InChI is InChI=1S/C16H10F9NO/c17-10-2-1-7(5-8(10)15(20,21)22)26-6-9(16(23,24)25)12-11(26)3-4-14(18,19)13(12)27/h1-2,5-6,13,27H,3-4H2. The predicted octanol–water partition coefficient (Wildman–Crippen LogP) is 5.27. The molecule has 27 heavy (non-hydrogen) atoms. The van der Waals surface area contributed by atoms with Gasteiger partial charge in [-0.3, -0.25) is 0 Å². The fourth-order valence-electron chi connectivity index (χ4n) is 3.09. The van der Waals surface area contributed by atoms with E-state index in [1.807, 2.05) is 0 Å². The molecule has 0 aliphatic heterocycles. The van der Waals surface area contributed by atoms with Gasteiger partial charge in [-0.2, -0.15) is 26.3 Å². The second-order valence-corrected chi connectivity index (χ2v) is 6.10. The average molecular weight is 403 g/mol. The number of halogens is 9. The zero-order chi connectivity index (χ0) is 20.4. The molecule has 1 heterocycles. The van der Waals surface area contributed by atoms with Crippen molar-refractivity contribution in [1.29, 1.82) is 0 Å². The lowest BCUT2D eigenvalue weighted by Crippen LogP contribution is -2.33. The van der Waals surface area contributed by atoms with Gasteiger partial charge in [0.25, 0.3) is 5.92 Å². The third-order valence-corrected chi connectivity index (χ3v) is 4.36. The van der Waals surface area contributed by atoms with Crippen LogP contribution in [0.25, 0.3) is 5.69 Å². The third kappa shape index (κ3) is 3.28. The van der Waals surface area contributed by atoms with Crippen molar-refractivity contribution in [2.24, 2.45) is 0 Å². The van der Waals surface area contributed by atoms with Gasteiger partial charge >= 0.3 is 12.4 Å². The molecule has 1 N–H and O–H groups in total. The number of hydrogen-bond donors (Lipinski definition) is 1. The van der Waals surface area contributed by atoms with Crippen molar-refractivity contribution in [1.82, 2.24) is 4.57 Å². The van der Waals surface area contributed by atoms with E-state index in [1.54, 1.807) is 0 Å². The molecule has 0 spiro atoms. The van der Waals surface area contributed by atoms with E-state index in [0.717, 1.165) is 6.07 Å². The van der Waals surface area contributed by atoms with Gasteiger partial charge in [0.05, 0.1) is 11.1 Å². The van der Waals surface area contributed by atoms with Gasteiger partial charge < -0.3 is 9.67 Å². The predicted molar refractivity (Wildman–Crippen MR) is 74.0 cm³/mol. The molecule has 0 amide bonds. The minimum Gasteiger partial charge on any atom is -0.382 e. The zero-order valence-corrected chi connectivity index (χ0v) is 13.1. The number of nitrogens with zero attached hydrogens (tertiary/aromatic N) is 1. The first-order valence-electron chi connectivity index (χ1n) is 7.48. The van der Waals surface area contributed by atoms with Gasteiger partial charge in [-0.25, -0.2) is 13.2 Å². The van der Waals surface area contributed by atoms with Gasteiger partial charge in [0.15, 0.2) is 0 Å². The third-order valence-electron chi connectivity index (χ3n) is 4.36. The van der Waals surface area contributed by atoms with Crippen LogP contribution in [0.4, 0.5) is 39.5 Å². The summed E-state index contributed by atoms with van der Waals surface area (Å²) in [5, 5.41) is 9.72. The molecule has 148 valence electrons. The number of alkyl halides is 8. The maximum Gasteiger partial charge on any atom is 0.419 e. The highest BCUT2D eigenvalue weighted by Gasteiger charge is 2.50. The average Bonchev–Trinajstić information content (AvgIpc) is 2.91. The number of aliphatic hydroxyl groups is 1. The van der Waals surface area contributed by atoms with Crippen LogP contribution < -0.4 is 0 Å². The summed E-state index contributed by atoms with van der Waals surface area (Å²) in [4.78, 5) is 0. The fourth-order valence-corrected chi connectivity index (χ4v) is 3.09. The van der Waals surface area contributed by atoms with E-state index in [1.165, 1.54) is 0 Å². The highest BCUT2D eigenvalue weighted by molar-refractivity contribution is 5.48. The van der Waals surface area contributed by atoms with E-state index in [0.29, 0.717) is 16.8 Å². The maximum atomic E-state index is 13.7. The number of rotatable bonds is 1. The van der Waals surface area contributed by atoms with Crippen LogP contribution in [0.1, 0.15) is 34.9 Å². The first-order chi connectivity index (χ1) is 12.2. The molecule has 1 aliphatic carbocycles. The SMILES string of the molecule is OC1c2c(C(F)(F)F)cn(-c3ccc(F)c(C(F)(F)F)c3)c2CCC1(F)F. The van der Waals surface area contributed by atoms with E-state index in [-0.39, 0.29) is 6.07 Å². The second-order valence-electron chi connectivity index (χ2n) is 6.10. The van der Waals surface area contributed by atoms with E-state index in [4.69, 9.17) is 0 Å². The number of hydrogen-bond acceptors (Lipinski definition) is 1. The molecule has 1 aromatic carbocycles. The summed E-state index contributed by atoms with van der Waals surface area (Å²) in [7, 11) is 0. The Balaban J connectivity index is 2.25. The Labute approximate surface area is 145 Å². The zero-order valence-electron chi connectivity index (χ0n) is 13.1. The second kappa shape index (κ2) is 5.91. The molecular formula is C16H10F9NO. The van der Waals surface area contributed by atoms with Gasteiger partial charge in [0.2, 0.25) is 0 Å². The van der Waals surface area contributed by atoms with Crippen LogP contribution in [-0.2, 0) is 18.8 Å². The van der Waals surface area contributed by atoms with E-state index >= 15 is 0 Å². The van der Waals surface area contributed by atoms with Gasteiger partial charge in [0, 0.05) is 29.6 Å². The number of fused-ring (bicyclic) bond motifs is 1. The number of benzene rings is 1. The first-order valence-corrected chi connectivity index (χ1v) is 7.48. The van der Waals surface area contributed by atoms with Crippen molar-refractivity contribution >= 4 is 0 Å². The molecule has 0 fully saturated rings. The molecule has 1 aliphatic rings. The molecule has 1 atom stereocenters. The first kappa shape index (κ1) is 19.6. The molecule has 0 radical (unpaired) electrons. The van der Waals surface area contributed by atoms with E-state index in [2.05, 4.69) is 0 Å². The molecular weight excluding hydrogens is 393 g/mol. The largest absolute Gasteiger partial charge is 0.419 e. The van der Waals surface area contributed by atoms with E-state index < -0.39 is 71.1 Å². The molecule has 2 aromatic rings. The minimum atomic E-state index is -5.13. The number of aromatic nitrogens is 1. The monoisotopic (exact) mass is 403 g/mol. The normalized spacial score (nSPS) is 19.9. The van der Waals surface area contributed by atoms with E-state index in [9.17, 15) is 44.6 Å². The van der Waals surface area contributed by atoms with Crippen LogP contribution in [0.15, 0.2) is 24.4 Å². The van der Waals surface area contributed by atoms with Gasteiger partial charge in [0.1, 0.15) is 11.9 Å². The lowest BCUT2D eigenvalue weighted by Gasteiger charge is -2.29. The molecule has 1 unspecified atom stereocenters. The Morgan fingerprint density at radius 1 is 1.00 bits per heavy atom. The summed E-state index contributed by atoms with van der Waals surface area (Å²) in [5.74, 6) is -5.45. The molecule has 2 nitrogen and oxygen atoms in total. The summed E-state index contributed by atoms with van der Waals surface area (Å²) in [5.41, 5.74) is -5.27. The van der Waals surface area contributed by atoms with Gasteiger partial charge in [-0.15, -0.1) is 0 Å². The van der Waals surface area contributed by atoms with Crippen molar-refractivity contribution in [3.8, 4) is 5.69 Å². The Kier molecular flexibility index (Phi) is 4.29. The summed E-state index contributed by atoms with van der Waals surface area (Å²) in [6.07, 6.45) is -14.3. The van der Waals surface area contributed by atoms with Crippen molar-refractivity contribution in [3.63, 3.8) is 0 Å². The highest BCUT2D eigenvalue weighted by atomic mass is 19.4. The van der Waals surface area contributed by atoms with Crippen molar-refractivity contribution in [3.05, 3.63) is 52.6 Å². The van der Waals surface area contributed by atoms with Gasteiger partial charge in [-0.1, -0.05) is 0 Å². The van der Waals surface area contributed by atoms with Crippen LogP contribution in [-0.4, -0.2) is 15.6 Å². The molecule has 0 saturated heterocycles. The number of aliphatic hydroxyl groups excluding tert-OH is 1. The van der Waals surface area contributed by atoms with Crippen LogP contribution in [0, 0.1) is 5.82 Å². The smallest absolute Gasteiger partial charge is 0.382 e. The molecule has 1 aromatic heterocycles. The molecule has 0 saturated carbocycles. The lowest BCUT2D eigenvalue weighted by atomic mass is 9.89. The lowest BCUT2D eigenvalue weighted by molar-refractivity contribution is -0.147. The Morgan fingerprint density at radius 2 is 1.59 bits per heavy atom. The van der Waals surface area contributed by atoms with Crippen LogP contribution in [0.5, 0.6) is 0 Å². The van der Waals surface area contributed by atoms with Crippen molar-refractivity contribution < 1.29 is 44.6 Å². The Bertz CT molecular complexity index is 879. The van der Waals surface area contributed by atoms with Crippen LogP contribution >= 0.6 is 0 Å². The molecule has 3 rings (SSSR count). The van der Waals surface area contributed by atoms with Crippen molar-refractivity contribution in [2.45, 2.75) is 37.2 Å². The van der Waals surface area contributed by atoms with Crippen LogP contribution in [0.3, 0.4) is 0 Å². The van der Waals surface area contributed by atoms with Crippen molar-refractivity contribution in [2.75, 3.05) is 0 Å². The van der Waals surface area contributed by atoms with Crippen LogP contribution in [0.2, 0.25) is 0 Å².